The van der Waals surface area contributed by atoms with Crippen molar-refractivity contribution in [2.45, 2.75) is 31.4 Å². The molecule has 1 aromatic rings. The second kappa shape index (κ2) is 6.08. The molecule has 0 saturated heterocycles. The van der Waals surface area contributed by atoms with Crippen LogP contribution in [0.3, 0.4) is 0 Å². The molecule has 1 aliphatic rings. The maximum absolute atomic E-state index is 13.2. The van der Waals surface area contributed by atoms with Crippen LogP contribution in [0, 0.1) is 0 Å². The summed E-state index contributed by atoms with van der Waals surface area (Å²) in [7, 11) is 2.46. The van der Waals surface area contributed by atoms with Gasteiger partial charge in [-0.2, -0.15) is 18.2 Å². The summed E-state index contributed by atoms with van der Waals surface area (Å²) in [6, 6.07) is -0.390. The molecule has 0 aliphatic carbocycles. The lowest BCUT2D eigenvalue weighted by Crippen LogP contribution is -2.29. The van der Waals surface area contributed by atoms with Gasteiger partial charge in [0.15, 0.2) is 5.69 Å². The smallest absolute Gasteiger partial charge is 0.434 e. The molecule has 0 atom stereocenters. The predicted molar refractivity (Wildman–Crippen MR) is 78.7 cm³/mol. The van der Waals surface area contributed by atoms with Crippen LogP contribution in [0.25, 0.3) is 0 Å². The van der Waals surface area contributed by atoms with Gasteiger partial charge in [0.05, 0.1) is 17.7 Å². The molecule has 1 aliphatic heterocycles. The number of ether oxygens (including phenoxy) is 1. The second-order valence-corrected chi connectivity index (χ2v) is 6.41. The Morgan fingerprint density at radius 2 is 2.13 bits per heavy atom. The number of aromatic nitrogens is 2. The lowest BCUT2D eigenvalue weighted by atomic mass is 10.1. The summed E-state index contributed by atoms with van der Waals surface area (Å²) in [4.78, 5) is 20.9. The van der Waals surface area contributed by atoms with Crippen LogP contribution in [0.5, 0.6) is 6.01 Å². The first-order chi connectivity index (χ1) is 10.5. The number of hydroxylamine groups is 1. The van der Waals surface area contributed by atoms with Crippen molar-refractivity contribution in [2.24, 2.45) is 7.05 Å². The van der Waals surface area contributed by atoms with E-state index in [1.165, 1.54) is 7.05 Å². The highest BCUT2D eigenvalue weighted by atomic mass is 32.2. The van der Waals surface area contributed by atoms with E-state index in [1.54, 1.807) is 19.9 Å². The van der Waals surface area contributed by atoms with Crippen molar-refractivity contribution in [2.75, 3.05) is 7.11 Å². The van der Waals surface area contributed by atoms with E-state index in [-0.39, 0.29) is 5.75 Å². The molecule has 23 heavy (non-hydrogen) atoms. The average Bonchev–Trinajstić information content (AvgIpc) is 2.78. The fourth-order valence-electron chi connectivity index (χ4n) is 1.95. The highest BCUT2D eigenvalue weighted by Crippen LogP contribution is 2.34. The summed E-state index contributed by atoms with van der Waals surface area (Å²) in [5.41, 5.74) is -0.397. The van der Waals surface area contributed by atoms with Gasteiger partial charge in [-0.15, -0.1) is 11.8 Å². The first kappa shape index (κ1) is 17.7. The van der Waals surface area contributed by atoms with Crippen LogP contribution < -0.4 is 15.8 Å². The van der Waals surface area contributed by atoms with E-state index >= 15 is 0 Å². The lowest BCUT2D eigenvalue weighted by Gasteiger charge is -2.15. The molecule has 6 nitrogen and oxygen atoms in total. The Balaban J connectivity index is 2.38. The number of methoxy groups -OCH3 is 1. The van der Waals surface area contributed by atoms with Crippen molar-refractivity contribution in [3.63, 3.8) is 0 Å². The van der Waals surface area contributed by atoms with Crippen LogP contribution in [0.15, 0.2) is 15.9 Å². The van der Waals surface area contributed by atoms with E-state index in [0.717, 1.165) is 23.4 Å². The van der Waals surface area contributed by atoms with E-state index < -0.39 is 34.6 Å². The van der Waals surface area contributed by atoms with E-state index in [1.807, 2.05) is 0 Å². The van der Waals surface area contributed by atoms with Gasteiger partial charge in [0.1, 0.15) is 5.60 Å². The fourth-order valence-corrected chi connectivity index (χ4v) is 2.98. The molecule has 2 heterocycles. The zero-order valence-electron chi connectivity index (χ0n) is 12.9. The molecular formula is C13H16F3N3O3S. The highest BCUT2D eigenvalue weighted by molar-refractivity contribution is 8.02. The Morgan fingerprint density at radius 3 is 2.61 bits per heavy atom. The molecule has 2 rings (SSSR count). The number of hydrogen-bond donors (Lipinski definition) is 1. The van der Waals surface area contributed by atoms with Crippen LogP contribution in [-0.4, -0.2) is 22.3 Å². The van der Waals surface area contributed by atoms with Crippen LogP contribution in [0.2, 0.25) is 0 Å². The Hall–Kier alpha value is -1.68. The van der Waals surface area contributed by atoms with Gasteiger partial charge < -0.3 is 4.74 Å². The maximum atomic E-state index is 13.2. The van der Waals surface area contributed by atoms with E-state index in [2.05, 4.69) is 10.5 Å². The minimum atomic E-state index is -4.75. The fraction of sp³-hybridized carbons (Fsp3) is 0.538. The van der Waals surface area contributed by atoms with E-state index in [9.17, 15) is 18.0 Å². The van der Waals surface area contributed by atoms with Gasteiger partial charge in [-0.1, -0.05) is 0 Å². The molecule has 0 unspecified atom stereocenters. The highest BCUT2D eigenvalue weighted by Gasteiger charge is 2.38. The second-order valence-electron chi connectivity index (χ2n) is 5.39. The predicted octanol–water partition coefficient (Wildman–Crippen LogP) is 2.20. The molecule has 0 fully saturated rings. The Morgan fingerprint density at radius 1 is 1.48 bits per heavy atom. The van der Waals surface area contributed by atoms with Crippen LogP contribution in [-0.2, 0) is 23.8 Å². The third-order valence-electron chi connectivity index (χ3n) is 3.06. The zero-order valence-corrected chi connectivity index (χ0v) is 13.8. The largest absolute Gasteiger partial charge is 0.468 e. The first-order valence-electron chi connectivity index (χ1n) is 6.56. The topological polar surface area (TPSA) is 65.4 Å². The van der Waals surface area contributed by atoms with Crippen molar-refractivity contribution in [3.05, 3.63) is 32.7 Å². The molecule has 0 amide bonds. The molecule has 10 heteroatoms. The third-order valence-corrected chi connectivity index (χ3v) is 4.00. The number of rotatable bonds is 4. The lowest BCUT2D eigenvalue weighted by molar-refractivity contribution is -0.142. The monoisotopic (exact) mass is 351 g/mol. The maximum Gasteiger partial charge on any atom is 0.434 e. The number of hydrogen-bond acceptors (Lipinski definition) is 6. The van der Waals surface area contributed by atoms with E-state index in [4.69, 9.17) is 9.57 Å². The first-order valence-corrected chi connectivity index (χ1v) is 7.54. The summed E-state index contributed by atoms with van der Waals surface area (Å²) in [6.07, 6.45) is -3.02. The molecule has 0 spiro atoms. The van der Waals surface area contributed by atoms with Gasteiger partial charge in [-0.05, 0) is 19.9 Å². The van der Waals surface area contributed by atoms with Crippen LogP contribution in [0.1, 0.15) is 25.1 Å². The van der Waals surface area contributed by atoms with Crippen molar-refractivity contribution in [3.8, 4) is 6.01 Å². The molecule has 128 valence electrons. The number of thioether (sulfide) groups is 1. The Kier molecular flexibility index (Phi) is 4.67. The molecule has 1 N–H and O–H groups in total. The van der Waals surface area contributed by atoms with Crippen LogP contribution >= 0.6 is 11.8 Å². The number of nitrogens with zero attached hydrogens (tertiary/aromatic N) is 2. The summed E-state index contributed by atoms with van der Waals surface area (Å²) in [5.74, 6) is -0.198. The normalized spacial score (nSPS) is 16.9. The SMILES string of the molecule is COc1nc(C(F)(F)F)c(CSC2=CC(C)(C)ON2)c(=O)n1C. The van der Waals surface area contributed by atoms with Gasteiger partial charge >= 0.3 is 6.18 Å². The molecular weight excluding hydrogens is 335 g/mol. The summed E-state index contributed by atoms with van der Waals surface area (Å²) in [5, 5.41) is 0.543. The van der Waals surface area contributed by atoms with Gasteiger partial charge in [-0.25, -0.2) is 0 Å². The zero-order chi connectivity index (χ0) is 17.4. The van der Waals surface area contributed by atoms with Crippen molar-refractivity contribution in [1.29, 1.82) is 0 Å². The van der Waals surface area contributed by atoms with Crippen molar-refractivity contribution in [1.82, 2.24) is 15.0 Å². The minimum absolute atomic E-state index is 0.198. The molecule has 0 saturated carbocycles. The van der Waals surface area contributed by atoms with E-state index in [0.29, 0.717) is 5.03 Å². The van der Waals surface area contributed by atoms with Crippen molar-refractivity contribution >= 4 is 11.8 Å². The van der Waals surface area contributed by atoms with Gasteiger partial charge in [0.25, 0.3) is 11.6 Å². The molecule has 0 bridgehead atoms. The minimum Gasteiger partial charge on any atom is -0.468 e. The standard InChI is InChI=1S/C13H16F3N3O3S/c1-12(2)5-8(18-22-12)23-6-7-9(13(14,15)16)17-11(21-4)19(3)10(7)20/h5,18H,6H2,1-4H3. The molecule has 1 aromatic heterocycles. The summed E-state index contributed by atoms with van der Waals surface area (Å²) in [6.45, 7) is 3.59. The Bertz CT molecular complexity index is 698. The van der Waals surface area contributed by atoms with Gasteiger partial charge in [-0.3, -0.25) is 19.7 Å². The number of halogens is 3. The molecule has 0 aromatic carbocycles. The number of nitrogens with one attached hydrogen (secondary N) is 1. The third kappa shape index (κ3) is 3.81. The van der Waals surface area contributed by atoms with Crippen molar-refractivity contribution < 1.29 is 22.7 Å². The van der Waals surface area contributed by atoms with Crippen LogP contribution in [0.4, 0.5) is 13.2 Å². The number of alkyl halides is 3. The van der Waals surface area contributed by atoms with Gasteiger partial charge in [0.2, 0.25) is 0 Å². The summed E-state index contributed by atoms with van der Waals surface area (Å²) >= 11 is 1.04. The quantitative estimate of drug-likeness (QED) is 0.897. The molecule has 0 radical (unpaired) electrons. The summed E-state index contributed by atoms with van der Waals surface area (Å²) < 4.78 is 45.2. The average molecular weight is 351 g/mol. The van der Waals surface area contributed by atoms with Gasteiger partial charge in [0, 0.05) is 12.8 Å². The Labute approximate surface area is 134 Å².